The highest BCUT2D eigenvalue weighted by molar-refractivity contribution is 5.72. The van der Waals surface area contributed by atoms with Crippen molar-refractivity contribution in [2.24, 2.45) is 23.7 Å². The maximum atomic E-state index is 10.8. The van der Waals surface area contributed by atoms with Crippen molar-refractivity contribution in [3.05, 3.63) is 12.2 Å². The lowest BCUT2D eigenvalue weighted by Gasteiger charge is -2.49. The van der Waals surface area contributed by atoms with Crippen LogP contribution in [0.3, 0.4) is 0 Å². The Labute approximate surface area is 72.3 Å². The second kappa shape index (κ2) is 2.61. The van der Waals surface area contributed by atoms with E-state index in [2.05, 4.69) is 19.1 Å². The van der Waals surface area contributed by atoms with Gasteiger partial charge >= 0.3 is 5.97 Å². The molecule has 0 aromatic heterocycles. The van der Waals surface area contributed by atoms with Crippen molar-refractivity contribution in [1.29, 1.82) is 0 Å². The normalized spacial score (nSPS) is 44.8. The monoisotopic (exact) mass is 166 g/mol. The van der Waals surface area contributed by atoms with Crippen LogP contribution in [0.15, 0.2) is 12.2 Å². The van der Waals surface area contributed by atoms with Crippen LogP contribution in [-0.4, -0.2) is 11.1 Å². The van der Waals surface area contributed by atoms with Crippen LogP contribution in [0.1, 0.15) is 19.8 Å². The van der Waals surface area contributed by atoms with Crippen LogP contribution in [0, 0.1) is 23.7 Å². The summed E-state index contributed by atoms with van der Waals surface area (Å²) in [5, 5.41) is 8.92. The van der Waals surface area contributed by atoms with Crippen molar-refractivity contribution in [1.82, 2.24) is 0 Å². The molecule has 12 heavy (non-hydrogen) atoms. The van der Waals surface area contributed by atoms with Gasteiger partial charge in [-0.1, -0.05) is 19.1 Å². The molecule has 0 aromatic carbocycles. The van der Waals surface area contributed by atoms with Gasteiger partial charge in [0.15, 0.2) is 0 Å². The molecule has 2 aliphatic rings. The molecule has 1 N–H and O–H groups in total. The lowest BCUT2D eigenvalue weighted by molar-refractivity contribution is -0.158. The molecule has 0 radical (unpaired) electrons. The van der Waals surface area contributed by atoms with Crippen molar-refractivity contribution >= 4 is 5.97 Å². The van der Waals surface area contributed by atoms with Crippen LogP contribution >= 0.6 is 0 Å². The standard InChI is InChI=1S/C10H14O2/c1-6-7-4-2-3-5-8(7)9(6)10(11)12/h2-3,6-9H,4-5H2,1H3,(H,11,12). The Morgan fingerprint density at radius 2 is 1.92 bits per heavy atom. The minimum atomic E-state index is -0.598. The van der Waals surface area contributed by atoms with Crippen LogP contribution in [0.5, 0.6) is 0 Å². The number of carbonyl (C=O) groups is 1. The number of fused-ring (bicyclic) bond motifs is 1. The maximum absolute atomic E-state index is 10.8. The van der Waals surface area contributed by atoms with Crippen LogP contribution in [0.25, 0.3) is 0 Å². The molecule has 4 unspecified atom stereocenters. The lowest BCUT2D eigenvalue weighted by atomic mass is 9.54. The van der Waals surface area contributed by atoms with Gasteiger partial charge in [-0.05, 0) is 30.6 Å². The molecular formula is C10H14O2. The molecule has 2 aliphatic carbocycles. The van der Waals surface area contributed by atoms with E-state index >= 15 is 0 Å². The summed E-state index contributed by atoms with van der Waals surface area (Å²) >= 11 is 0. The van der Waals surface area contributed by atoms with Gasteiger partial charge in [0, 0.05) is 0 Å². The minimum absolute atomic E-state index is 0.0695. The molecular weight excluding hydrogens is 152 g/mol. The Morgan fingerprint density at radius 3 is 2.50 bits per heavy atom. The summed E-state index contributed by atoms with van der Waals surface area (Å²) in [4.78, 5) is 10.8. The molecule has 2 nitrogen and oxygen atoms in total. The Bertz CT molecular complexity index is 232. The van der Waals surface area contributed by atoms with Crippen LogP contribution in [0.4, 0.5) is 0 Å². The van der Waals surface area contributed by atoms with Gasteiger partial charge < -0.3 is 5.11 Å². The van der Waals surface area contributed by atoms with Gasteiger partial charge in [0.05, 0.1) is 5.92 Å². The number of hydrogen-bond acceptors (Lipinski definition) is 1. The fourth-order valence-corrected chi connectivity index (χ4v) is 2.79. The zero-order valence-corrected chi connectivity index (χ0v) is 7.23. The summed E-state index contributed by atoms with van der Waals surface area (Å²) in [6, 6.07) is 0. The Hall–Kier alpha value is -0.790. The minimum Gasteiger partial charge on any atom is -0.481 e. The zero-order chi connectivity index (χ0) is 8.72. The van der Waals surface area contributed by atoms with Gasteiger partial charge in [-0.3, -0.25) is 4.79 Å². The number of carboxylic acids is 1. The third-order valence-corrected chi connectivity index (χ3v) is 3.52. The SMILES string of the molecule is CC1C2CC=CCC2C1C(=O)O. The predicted molar refractivity (Wildman–Crippen MR) is 45.6 cm³/mol. The molecule has 0 aliphatic heterocycles. The first kappa shape index (κ1) is 7.84. The highest BCUT2D eigenvalue weighted by atomic mass is 16.4. The maximum Gasteiger partial charge on any atom is 0.307 e. The molecule has 66 valence electrons. The summed E-state index contributed by atoms with van der Waals surface area (Å²) in [5.74, 6) is 0.801. The summed E-state index contributed by atoms with van der Waals surface area (Å²) in [5.41, 5.74) is 0. The predicted octanol–water partition coefficient (Wildman–Crippen LogP) is 1.92. The van der Waals surface area contributed by atoms with Gasteiger partial charge in [0.2, 0.25) is 0 Å². The molecule has 0 heterocycles. The van der Waals surface area contributed by atoms with Crippen molar-refractivity contribution in [3.8, 4) is 0 Å². The fraction of sp³-hybridized carbons (Fsp3) is 0.700. The second-order valence-electron chi connectivity index (χ2n) is 3.99. The summed E-state index contributed by atoms with van der Waals surface area (Å²) in [6.45, 7) is 2.07. The average molecular weight is 166 g/mol. The second-order valence-corrected chi connectivity index (χ2v) is 3.99. The molecule has 0 spiro atoms. The Balaban J connectivity index is 2.11. The van der Waals surface area contributed by atoms with Crippen LogP contribution in [-0.2, 0) is 4.79 Å². The molecule has 0 amide bonds. The van der Waals surface area contributed by atoms with Crippen LogP contribution in [0.2, 0.25) is 0 Å². The van der Waals surface area contributed by atoms with Crippen LogP contribution < -0.4 is 0 Å². The summed E-state index contributed by atoms with van der Waals surface area (Å²) in [7, 11) is 0. The van der Waals surface area contributed by atoms with E-state index in [0.29, 0.717) is 17.8 Å². The molecule has 1 saturated carbocycles. The zero-order valence-electron chi connectivity index (χ0n) is 7.23. The van der Waals surface area contributed by atoms with E-state index in [9.17, 15) is 4.79 Å². The van der Waals surface area contributed by atoms with Crippen molar-refractivity contribution in [3.63, 3.8) is 0 Å². The highest BCUT2D eigenvalue weighted by Gasteiger charge is 2.50. The van der Waals surface area contributed by atoms with Gasteiger partial charge in [0.25, 0.3) is 0 Å². The van der Waals surface area contributed by atoms with Crippen molar-refractivity contribution < 1.29 is 9.90 Å². The first-order chi connectivity index (χ1) is 5.72. The van der Waals surface area contributed by atoms with Gasteiger partial charge in [0.1, 0.15) is 0 Å². The molecule has 1 fully saturated rings. The van der Waals surface area contributed by atoms with Crippen molar-refractivity contribution in [2.75, 3.05) is 0 Å². The van der Waals surface area contributed by atoms with E-state index in [1.807, 2.05) is 0 Å². The molecule has 2 heteroatoms. The summed E-state index contributed by atoms with van der Waals surface area (Å²) in [6.07, 6.45) is 6.39. The van der Waals surface area contributed by atoms with E-state index < -0.39 is 5.97 Å². The number of allylic oxidation sites excluding steroid dienone is 2. The number of hydrogen-bond donors (Lipinski definition) is 1. The first-order valence-corrected chi connectivity index (χ1v) is 4.59. The number of rotatable bonds is 1. The largest absolute Gasteiger partial charge is 0.481 e. The molecule has 0 aromatic rings. The van der Waals surface area contributed by atoms with E-state index in [4.69, 9.17) is 5.11 Å². The van der Waals surface area contributed by atoms with Crippen molar-refractivity contribution in [2.45, 2.75) is 19.8 Å². The molecule has 0 saturated heterocycles. The Kier molecular flexibility index (Phi) is 1.71. The van der Waals surface area contributed by atoms with E-state index in [-0.39, 0.29) is 5.92 Å². The third-order valence-electron chi connectivity index (χ3n) is 3.52. The molecule has 4 atom stereocenters. The summed E-state index contributed by atoms with van der Waals surface area (Å²) < 4.78 is 0. The molecule has 0 bridgehead atoms. The smallest absolute Gasteiger partial charge is 0.307 e. The number of carboxylic acid groups (broad SMARTS) is 1. The third kappa shape index (κ3) is 0.904. The fourth-order valence-electron chi connectivity index (χ4n) is 2.79. The quantitative estimate of drug-likeness (QED) is 0.604. The van der Waals surface area contributed by atoms with Gasteiger partial charge in [-0.15, -0.1) is 0 Å². The molecule has 2 rings (SSSR count). The Morgan fingerprint density at radius 1 is 1.33 bits per heavy atom. The van der Waals surface area contributed by atoms with Gasteiger partial charge in [-0.2, -0.15) is 0 Å². The van der Waals surface area contributed by atoms with E-state index in [0.717, 1.165) is 12.8 Å². The van der Waals surface area contributed by atoms with E-state index in [1.165, 1.54) is 0 Å². The van der Waals surface area contributed by atoms with Gasteiger partial charge in [-0.25, -0.2) is 0 Å². The highest BCUT2D eigenvalue weighted by Crippen LogP contribution is 2.51. The topological polar surface area (TPSA) is 37.3 Å². The first-order valence-electron chi connectivity index (χ1n) is 4.59. The lowest BCUT2D eigenvalue weighted by Crippen LogP contribution is -2.49. The number of aliphatic carboxylic acids is 1. The van der Waals surface area contributed by atoms with E-state index in [1.54, 1.807) is 0 Å². The average Bonchev–Trinajstić information content (AvgIpc) is 2.03.